The first-order valence-electron chi connectivity index (χ1n) is 7.22. The van der Waals surface area contributed by atoms with Gasteiger partial charge in [-0.1, -0.05) is 24.3 Å². The molecule has 1 atom stereocenters. The highest BCUT2D eigenvalue weighted by Crippen LogP contribution is 2.47. The normalized spacial score (nSPS) is 20.6. The van der Waals surface area contributed by atoms with Gasteiger partial charge in [-0.15, -0.1) is 0 Å². The summed E-state index contributed by atoms with van der Waals surface area (Å²) in [6.07, 6.45) is 0.576. The Bertz CT molecular complexity index is 503. The highest BCUT2D eigenvalue weighted by molar-refractivity contribution is 5.76. The first kappa shape index (κ1) is 15.0. The molecule has 0 spiro atoms. The molecule has 0 bridgehead atoms. The van der Waals surface area contributed by atoms with Crippen molar-refractivity contribution in [1.29, 1.82) is 0 Å². The Morgan fingerprint density at radius 1 is 1.35 bits per heavy atom. The molecule has 1 aliphatic rings. The number of hydrogen-bond donors (Lipinski definition) is 0. The van der Waals surface area contributed by atoms with E-state index in [1.165, 1.54) is 11.1 Å². The first-order chi connectivity index (χ1) is 9.28. The zero-order valence-electron chi connectivity index (χ0n) is 13.0. The van der Waals surface area contributed by atoms with Gasteiger partial charge in [0.25, 0.3) is 0 Å². The molecule has 0 saturated carbocycles. The minimum Gasteiger partial charge on any atom is -0.466 e. The molecule has 1 aromatic carbocycles. The van der Waals surface area contributed by atoms with Crippen molar-refractivity contribution in [2.45, 2.75) is 52.7 Å². The average molecular weight is 276 g/mol. The van der Waals surface area contributed by atoms with E-state index in [9.17, 15) is 4.79 Å². The third-order valence-electron chi connectivity index (χ3n) is 3.92. The van der Waals surface area contributed by atoms with E-state index >= 15 is 0 Å². The molecule has 1 unspecified atom stereocenters. The molecule has 0 amide bonds. The lowest BCUT2D eigenvalue weighted by Gasteiger charge is -2.27. The number of rotatable bonds is 4. The SMILES string of the molecule is CCOC(=O)C(C)(C)CC1OC(C)(C)c2ccccc21. The van der Waals surface area contributed by atoms with Crippen LogP contribution in [0.2, 0.25) is 0 Å². The number of hydrogen-bond acceptors (Lipinski definition) is 3. The third kappa shape index (κ3) is 2.73. The summed E-state index contributed by atoms with van der Waals surface area (Å²) in [7, 11) is 0. The van der Waals surface area contributed by atoms with Crippen LogP contribution in [0.5, 0.6) is 0 Å². The summed E-state index contributed by atoms with van der Waals surface area (Å²) in [5.74, 6) is -0.161. The largest absolute Gasteiger partial charge is 0.466 e. The van der Waals surface area contributed by atoms with Crippen molar-refractivity contribution < 1.29 is 14.3 Å². The fourth-order valence-corrected chi connectivity index (χ4v) is 2.83. The minimum atomic E-state index is -0.547. The van der Waals surface area contributed by atoms with Crippen molar-refractivity contribution in [2.75, 3.05) is 6.61 Å². The molecule has 0 saturated heterocycles. The topological polar surface area (TPSA) is 35.5 Å². The second-order valence-electron chi connectivity index (χ2n) is 6.51. The Kier molecular flexibility index (Phi) is 3.92. The fourth-order valence-electron chi connectivity index (χ4n) is 2.83. The van der Waals surface area contributed by atoms with Crippen LogP contribution < -0.4 is 0 Å². The Hall–Kier alpha value is -1.35. The van der Waals surface area contributed by atoms with Gasteiger partial charge in [-0.05, 0) is 52.2 Å². The van der Waals surface area contributed by atoms with E-state index in [-0.39, 0.29) is 17.7 Å². The van der Waals surface area contributed by atoms with Crippen LogP contribution in [0.15, 0.2) is 24.3 Å². The molecule has 1 heterocycles. The van der Waals surface area contributed by atoms with E-state index in [1.807, 2.05) is 32.9 Å². The molecule has 2 rings (SSSR count). The van der Waals surface area contributed by atoms with Gasteiger partial charge in [0.05, 0.1) is 23.7 Å². The molecule has 0 radical (unpaired) electrons. The summed E-state index contributed by atoms with van der Waals surface area (Å²) < 4.78 is 11.3. The number of benzene rings is 1. The average Bonchev–Trinajstić information content (AvgIpc) is 2.61. The van der Waals surface area contributed by atoms with Gasteiger partial charge >= 0.3 is 5.97 Å². The van der Waals surface area contributed by atoms with Gasteiger partial charge in [-0.3, -0.25) is 4.79 Å². The van der Waals surface area contributed by atoms with Gasteiger partial charge in [0.15, 0.2) is 0 Å². The second kappa shape index (κ2) is 5.21. The summed E-state index contributed by atoms with van der Waals surface area (Å²) in [5.41, 5.74) is 1.56. The smallest absolute Gasteiger partial charge is 0.311 e. The molecule has 1 aromatic rings. The second-order valence-corrected chi connectivity index (χ2v) is 6.51. The van der Waals surface area contributed by atoms with Gasteiger partial charge in [-0.25, -0.2) is 0 Å². The van der Waals surface area contributed by atoms with Crippen molar-refractivity contribution in [3.8, 4) is 0 Å². The highest BCUT2D eigenvalue weighted by atomic mass is 16.5. The lowest BCUT2D eigenvalue weighted by atomic mass is 9.84. The van der Waals surface area contributed by atoms with Crippen LogP contribution in [0.1, 0.15) is 58.3 Å². The summed E-state index contributed by atoms with van der Waals surface area (Å²) in [4.78, 5) is 12.0. The van der Waals surface area contributed by atoms with Crippen LogP contribution in [0, 0.1) is 5.41 Å². The van der Waals surface area contributed by atoms with Crippen molar-refractivity contribution >= 4 is 5.97 Å². The van der Waals surface area contributed by atoms with Crippen LogP contribution in [-0.2, 0) is 19.9 Å². The van der Waals surface area contributed by atoms with Crippen LogP contribution in [0.4, 0.5) is 0 Å². The molecular weight excluding hydrogens is 252 g/mol. The Balaban J connectivity index is 2.22. The maximum Gasteiger partial charge on any atom is 0.311 e. The van der Waals surface area contributed by atoms with E-state index < -0.39 is 5.41 Å². The lowest BCUT2D eigenvalue weighted by molar-refractivity contribution is -0.157. The van der Waals surface area contributed by atoms with Crippen LogP contribution >= 0.6 is 0 Å². The zero-order chi connectivity index (χ0) is 15.0. The van der Waals surface area contributed by atoms with Crippen molar-refractivity contribution in [1.82, 2.24) is 0 Å². The van der Waals surface area contributed by atoms with E-state index in [2.05, 4.69) is 26.0 Å². The van der Waals surface area contributed by atoms with Gasteiger partial charge in [0.2, 0.25) is 0 Å². The fraction of sp³-hybridized carbons (Fsp3) is 0.588. The van der Waals surface area contributed by atoms with Crippen molar-refractivity contribution in [3.63, 3.8) is 0 Å². The molecule has 3 nitrogen and oxygen atoms in total. The molecule has 110 valence electrons. The summed E-state index contributed by atoms with van der Waals surface area (Å²) >= 11 is 0. The predicted molar refractivity (Wildman–Crippen MR) is 78.3 cm³/mol. The van der Waals surface area contributed by atoms with E-state index in [0.29, 0.717) is 13.0 Å². The monoisotopic (exact) mass is 276 g/mol. The van der Waals surface area contributed by atoms with Gasteiger partial charge in [0.1, 0.15) is 0 Å². The zero-order valence-corrected chi connectivity index (χ0v) is 13.0. The number of fused-ring (bicyclic) bond motifs is 1. The van der Waals surface area contributed by atoms with Gasteiger partial charge < -0.3 is 9.47 Å². The van der Waals surface area contributed by atoms with E-state index in [1.54, 1.807) is 0 Å². The summed E-state index contributed by atoms with van der Waals surface area (Å²) in [6.45, 7) is 10.2. The van der Waals surface area contributed by atoms with Gasteiger partial charge in [0, 0.05) is 0 Å². The van der Waals surface area contributed by atoms with E-state index in [0.717, 1.165) is 0 Å². The maximum atomic E-state index is 12.0. The Morgan fingerprint density at radius 3 is 2.65 bits per heavy atom. The number of esters is 1. The Labute approximate surface area is 121 Å². The van der Waals surface area contributed by atoms with E-state index in [4.69, 9.17) is 9.47 Å². The van der Waals surface area contributed by atoms with Crippen LogP contribution in [0.3, 0.4) is 0 Å². The summed E-state index contributed by atoms with van der Waals surface area (Å²) in [5, 5.41) is 0. The Morgan fingerprint density at radius 2 is 2.00 bits per heavy atom. The van der Waals surface area contributed by atoms with Crippen LogP contribution in [-0.4, -0.2) is 12.6 Å². The maximum absolute atomic E-state index is 12.0. The van der Waals surface area contributed by atoms with Gasteiger partial charge in [-0.2, -0.15) is 0 Å². The quantitative estimate of drug-likeness (QED) is 0.780. The molecule has 0 aliphatic carbocycles. The van der Waals surface area contributed by atoms with Crippen molar-refractivity contribution in [3.05, 3.63) is 35.4 Å². The molecule has 3 heteroatoms. The molecule has 0 N–H and O–H groups in total. The third-order valence-corrected chi connectivity index (χ3v) is 3.92. The number of ether oxygens (including phenoxy) is 2. The molecule has 0 fully saturated rings. The molecular formula is C17H24O3. The first-order valence-corrected chi connectivity index (χ1v) is 7.22. The van der Waals surface area contributed by atoms with Crippen molar-refractivity contribution in [2.24, 2.45) is 5.41 Å². The summed E-state index contributed by atoms with van der Waals surface area (Å²) in [6, 6.07) is 8.25. The highest BCUT2D eigenvalue weighted by Gasteiger charge is 2.42. The number of carbonyl (C=O) groups excluding carboxylic acids is 1. The number of carbonyl (C=O) groups is 1. The predicted octanol–water partition coefficient (Wildman–Crippen LogP) is 3.97. The van der Waals surface area contributed by atoms with Crippen LogP contribution in [0.25, 0.3) is 0 Å². The molecule has 20 heavy (non-hydrogen) atoms. The lowest BCUT2D eigenvalue weighted by Crippen LogP contribution is -2.29. The standard InChI is InChI=1S/C17H24O3/c1-6-19-15(18)16(2,3)11-14-12-9-7-8-10-13(12)17(4,5)20-14/h7-10,14H,6,11H2,1-5H3. The molecule has 0 aromatic heterocycles. The minimum absolute atomic E-state index is 0.0550. The molecule has 1 aliphatic heterocycles.